The van der Waals surface area contributed by atoms with Crippen LogP contribution in [-0.2, 0) is 6.18 Å². The Hall–Kier alpha value is -1.50. The molecule has 0 fully saturated rings. The molecule has 0 spiro atoms. The summed E-state index contributed by atoms with van der Waals surface area (Å²) in [5.74, 6) is 0. The molecule has 0 saturated heterocycles. The fourth-order valence-electron chi connectivity index (χ4n) is 1.38. The Labute approximate surface area is 103 Å². The molecule has 90 valence electrons. The van der Waals surface area contributed by atoms with E-state index < -0.39 is 11.7 Å². The highest BCUT2D eigenvalue weighted by molar-refractivity contribution is 9.10. The second-order valence-corrected chi connectivity index (χ2v) is 4.16. The molecule has 0 saturated carbocycles. The molecule has 17 heavy (non-hydrogen) atoms. The SMILES string of the molecule is Nc1ccc(-n2ccc(Br)n2)cc1C(F)(F)F. The number of nitrogens with zero attached hydrogens (tertiary/aromatic N) is 2. The molecule has 0 aliphatic carbocycles. The molecule has 2 aromatic rings. The lowest BCUT2D eigenvalue weighted by atomic mass is 10.1. The maximum atomic E-state index is 12.6. The third-order valence-electron chi connectivity index (χ3n) is 2.16. The van der Waals surface area contributed by atoms with Gasteiger partial charge in [-0.2, -0.15) is 18.3 Å². The molecular weight excluding hydrogens is 299 g/mol. The molecule has 3 nitrogen and oxygen atoms in total. The van der Waals surface area contributed by atoms with Crippen molar-refractivity contribution < 1.29 is 13.2 Å². The molecule has 0 aliphatic rings. The molecule has 1 heterocycles. The Balaban J connectivity index is 2.51. The van der Waals surface area contributed by atoms with Crippen molar-refractivity contribution in [2.75, 3.05) is 5.73 Å². The summed E-state index contributed by atoms with van der Waals surface area (Å²) in [6.45, 7) is 0. The largest absolute Gasteiger partial charge is 0.418 e. The zero-order valence-electron chi connectivity index (χ0n) is 8.37. The van der Waals surface area contributed by atoms with Crippen LogP contribution in [0.3, 0.4) is 0 Å². The van der Waals surface area contributed by atoms with E-state index >= 15 is 0 Å². The van der Waals surface area contributed by atoms with E-state index in [-0.39, 0.29) is 5.69 Å². The number of halogens is 4. The van der Waals surface area contributed by atoms with E-state index in [1.54, 1.807) is 12.3 Å². The topological polar surface area (TPSA) is 43.8 Å². The van der Waals surface area contributed by atoms with Crippen molar-refractivity contribution in [2.24, 2.45) is 0 Å². The van der Waals surface area contributed by atoms with Crippen LogP contribution >= 0.6 is 15.9 Å². The first-order valence-electron chi connectivity index (χ1n) is 4.56. The number of hydrogen-bond acceptors (Lipinski definition) is 2. The summed E-state index contributed by atoms with van der Waals surface area (Å²) in [6.07, 6.45) is -2.92. The van der Waals surface area contributed by atoms with Crippen molar-refractivity contribution in [1.29, 1.82) is 0 Å². The van der Waals surface area contributed by atoms with Gasteiger partial charge < -0.3 is 5.73 Å². The maximum absolute atomic E-state index is 12.6. The number of hydrogen-bond donors (Lipinski definition) is 1. The Morgan fingerprint density at radius 3 is 2.47 bits per heavy atom. The quantitative estimate of drug-likeness (QED) is 0.822. The minimum Gasteiger partial charge on any atom is -0.398 e. The van der Waals surface area contributed by atoms with Crippen LogP contribution in [0.2, 0.25) is 0 Å². The van der Waals surface area contributed by atoms with Crippen LogP contribution in [0.4, 0.5) is 18.9 Å². The lowest BCUT2D eigenvalue weighted by Crippen LogP contribution is -2.10. The summed E-state index contributed by atoms with van der Waals surface area (Å²) >= 11 is 3.12. The molecule has 7 heteroatoms. The molecule has 0 unspecified atom stereocenters. The van der Waals surface area contributed by atoms with Gasteiger partial charge in [0.15, 0.2) is 0 Å². The van der Waals surface area contributed by atoms with E-state index in [2.05, 4.69) is 21.0 Å². The summed E-state index contributed by atoms with van der Waals surface area (Å²) < 4.78 is 39.8. The molecule has 0 amide bonds. The highest BCUT2D eigenvalue weighted by atomic mass is 79.9. The fourth-order valence-corrected chi connectivity index (χ4v) is 1.67. The first-order valence-corrected chi connectivity index (χ1v) is 5.35. The Bertz CT molecular complexity index is 548. The van der Waals surface area contributed by atoms with Gasteiger partial charge in [0.2, 0.25) is 0 Å². The molecule has 0 atom stereocenters. The average Bonchev–Trinajstić information content (AvgIpc) is 2.64. The zero-order valence-corrected chi connectivity index (χ0v) is 9.96. The summed E-state index contributed by atoms with van der Waals surface area (Å²) in [4.78, 5) is 0. The van der Waals surface area contributed by atoms with Crippen molar-refractivity contribution in [2.45, 2.75) is 6.18 Å². The lowest BCUT2D eigenvalue weighted by molar-refractivity contribution is -0.136. The summed E-state index contributed by atoms with van der Waals surface area (Å²) in [6, 6.07) is 5.29. The lowest BCUT2D eigenvalue weighted by Gasteiger charge is -2.11. The van der Waals surface area contributed by atoms with Gasteiger partial charge >= 0.3 is 6.18 Å². The van der Waals surface area contributed by atoms with Crippen molar-refractivity contribution >= 4 is 21.6 Å². The standard InChI is InChI=1S/C10H7BrF3N3/c11-9-3-4-17(16-9)6-1-2-8(15)7(5-6)10(12,13)14/h1-5H,15H2. The van der Waals surface area contributed by atoms with Crippen molar-refractivity contribution in [3.63, 3.8) is 0 Å². The molecule has 0 aliphatic heterocycles. The number of nitrogens with two attached hydrogens (primary N) is 1. The Morgan fingerprint density at radius 2 is 1.94 bits per heavy atom. The zero-order chi connectivity index (χ0) is 12.6. The van der Waals surface area contributed by atoms with Crippen LogP contribution in [0.15, 0.2) is 35.1 Å². The van der Waals surface area contributed by atoms with Crippen LogP contribution in [0.1, 0.15) is 5.56 Å². The van der Waals surface area contributed by atoms with Crippen LogP contribution in [0.25, 0.3) is 5.69 Å². The third kappa shape index (κ3) is 2.44. The highest BCUT2D eigenvalue weighted by Crippen LogP contribution is 2.34. The molecule has 2 N–H and O–H groups in total. The predicted octanol–water partition coefficient (Wildman–Crippen LogP) is 3.24. The van der Waals surface area contributed by atoms with Crippen molar-refractivity contribution in [3.05, 3.63) is 40.6 Å². The molecule has 2 rings (SSSR count). The van der Waals surface area contributed by atoms with Crippen molar-refractivity contribution in [3.8, 4) is 5.69 Å². The number of aromatic nitrogens is 2. The minimum atomic E-state index is -4.47. The average molecular weight is 306 g/mol. The van der Waals surface area contributed by atoms with Crippen LogP contribution < -0.4 is 5.73 Å². The first-order chi connectivity index (χ1) is 7.88. The van der Waals surface area contributed by atoms with E-state index in [0.717, 1.165) is 6.07 Å². The van der Waals surface area contributed by atoms with Crippen LogP contribution in [0.5, 0.6) is 0 Å². The number of benzene rings is 1. The normalized spacial score (nSPS) is 11.8. The van der Waals surface area contributed by atoms with Crippen LogP contribution in [0, 0.1) is 0 Å². The minimum absolute atomic E-state index is 0.299. The number of nitrogen functional groups attached to an aromatic ring is 1. The van der Waals surface area contributed by atoms with E-state index in [1.807, 2.05) is 0 Å². The highest BCUT2D eigenvalue weighted by Gasteiger charge is 2.33. The van der Waals surface area contributed by atoms with E-state index in [1.165, 1.54) is 16.8 Å². The van der Waals surface area contributed by atoms with E-state index in [9.17, 15) is 13.2 Å². The van der Waals surface area contributed by atoms with Crippen LogP contribution in [-0.4, -0.2) is 9.78 Å². The first kappa shape index (κ1) is 12.0. The van der Waals surface area contributed by atoms with Gasteiger partial charge in [-0.05, 0) is 40.2 Å². The summed E-state index contributed by atoms with van der Waals surface area (Å²) in [5, 5.41) is 3.96. The number of anilines is 1. The van der Waals surface area contributed by atoms with Gasteiger partial charge in [-0.15, -0.1) is 0 Å². The fraction of sp³-hybridized carbons (Fsp3) is 0.100. The summed E-state index contributed by atoms with van der Waals surface area (Å²) in [5.41, 5.74) is 4.44. The van der Waals surface area contributed by atoms with Gasteiger partial charge in [0.25, 0.3) is 0 Å². The third-order valence-corrected chi connectivity index (χ3v) is 2.59. The van der Waals surface area contributed by atoms with Gasteiger partial charge in [-0.1, -0.05) is 0 Å². The molecular formula is C10H7BrF3N3. The van der Waals surface area contributed by atoms with E-state index in [0.29, 0.717) is 10.3 Å². The second kappa shape index (κ2) is 4.06. The maximum Gasteiger partial charge on any atom is 0.418 e. The van der Waals surface area contributed by atoms with E-state index in [4.69, 9.17) is 5.73 Å². The summed E-state index contributed by atoms with van der Waals surface area (Å²) in [7, 11) is 0. The van der Waals surface area contributed by atoms with Gasteiger partial charge in [0, 0.05) is 11.9 Å². The van der Waals surface area contributed by atoms with Crippen molar-refractivity contribution in [1.82, 2.24) is 9.78 Å². The Kier molecular flexibility index (Phi) is 2.86. The van der Waals surface area contributed by atoms with Gasteiger partial charge in [-0.3, -0.25) is 0 Å². The number of rotatable bonds is 1. The second-order valence-electron chi connectivity index (χ2n) is 3.35. The van der Waals surface area contributed by atoms with Gasteiger partial charge in [-0.25, -0.2) is 4.68 Å². The predicted molar refractivity (Wildman–Crippen MR) is 60.7 cm³/mol. The number of alkyl halides is 3. The molecule has 0 radical (unpaired) electrons. The van der Waals surface area contributed by atoms with Gasteiger partial charge in [0.1, 0.15) is 4.60 Å². The molecule has 0 bridgehead atoms. The monoisotopic (exact) mass is 305 g/mol. The molecule has 1 aromatic carbocycles. The molecule has 1 aromatic heterocycles. The smallest absolute Gasteiger partial charge is 0.398 e. The Morgan fingerprint density at radius 1 is 1.24 bits per heavy atom. The van der Waals surface area contributed by atoms with Gasteiger partial charge in [0.05, 0.1) is 11.3 Å².